The Labute approximate surface area is 289 Å². The minimum absolute atomic E-state index is 0.190. The summed E-state index contributed by atoms with van der Waals surface area (Å²) in [4.78, 5) is 15.6. The highest BCUT2D eigenvalue weighted by Crippen LogP contribution is 2.54. The summed E-state index contributed by atoms with van der Waals surface area (Å²) >= 11 is 0. The first-order chi connectivity index (χ1) is 24.5. The summed E-state index contributed by atoms with van der Waals surface area (Å²) in [5.74, 6) is 1.89. The lowest BCUT2D eigenvalue weighted by molar-refractivity contribution is 0.666. The zero-order chi connectivity index (χ0) is 33.4. The molecule has 0 saturated carbocycles. The average molecular weight is 642 g/mol. The SMILES string of the molecule is CC1(C)c2ccccc2-c2c(-c3nc(-c4ccccc4)nc(-c4ccc5c(c4)oc4cccc(-c6ccccc6)c45)n3)cc3ccccc3c21. The van der Waals surface area contributed by atoms with Crippen LogP contribution in [0.1, 0.15) is 25.0 Å². The van der Waals surface area contributed by atoms with Crippen LogP contribution in [0, 0.1) is 0 Å². The minimum atomic E-state index is -0.190. The number of hydrogen-bond acceptors (Lipinski definition) is 4. The molecule has 10 rings (SSSR count). The summed E-state index contributed by atoms with van der Waals surface area (Å²) in [5, 5.41) is 4.60. The van der Waals surface area contributed by atoms with Crippen molar-refractivity contribution >= 4 is 32.7 Å². The third-order valence-corrected chi connectivity index (χ3v) is 10.3. The van der Waals surface area contributed by atoms with E-state index in [0.29, 0.717) is 17.5 Å². The molecule has 0 atom stereocenters. The number of hydrogen-bond donors (Lipinski definition) is 0. The van der Waals surface area contributed by atoms with Crippen molar-refractivity contribution in [2.45, 2.75) is 19.3 Å². The van der Waals surface area contributed by atoms with Gasteiger partial charge < -0.3 is 4.42 Å². The molecule has 2 aromatic heterocycles. The standard InChI is InChI=1S/C46H31N3O/c1-46(2)37-22-12-11-20-34(37)41-36(26-30-18-9-10-19-33(30)42(41)46)45-48-43(29-16-7-4-8-17-29)47-44(49-45)31-24-25-35-39(27-31)50-38-23-13-21-32(40(35)38)28-14-5-3-6-15-28/h3-27H,1-2H3. The number of fused-ring (bicyclic) bond motifs is 8. The molecule has 2 heterocycles. The van der Waals surface area contributed by atoms with Crippen molar-refractivity contribution in [1.29, 1.82) is 0 Å². The summed E-state index contributed by atoms with van der Waals surface area (Å²) in [6.07, 6.45) is 0. The fourth-order valence-electron chi connectivity index (χ4n) is 8.00. The topological polar surface area (TPSA) is 51.8 Å². The number of nitrogens with zero attached hydrogens (tertiary/aromatic N) is 3. The maximum absolute atomic E-state index is 6.51. The molecular formula is C46H31N3O. The molecule has 0 saturated heterocycles. The van der Waals surface area contributed by atoms with Crippen molar-refractivity contribution in [2.75, 3.05) is 0 Å². The molecule has 0 amide bonds. The monoisotopic (exact) mass is 641 g/mol. The van der Waals surface area contributed by atoms with Crippen LogP contribution < -0.4 is 0 Å². The summed E-state index contributed by atoms with van der Waals surface area (Å²) in [6, 6.07) is 52.9. The molecule has 0 bridgehead atoms. The van der Waals surface area contributed by atoms with Gasteiger partial charge in [0.1, 0.15) is 11.2 Å². The van der Waals surface area contributed by atoms with Gasteiger partial charge in [-0.1, -0.05) is 141 Å². The van der Waals surface area contributed by atoms with Gasteiger partial charge in [0.15, 0.2) is 17.5 Å². The highest BCUT2D eigenvalue weighted by Gasteiger charge is 2.39. The highest BCUT2D eigenvalue weighted by molar-refractivity contribution is 6.13. The third-order valence-electron chi connectivity index (χ3n) is 10.3. The Morgan fingerprint density at radius 2 is 1.12 bits per heavy atom. The number of rotatable bonds is 4. The molecule has 1 aliphatic rings. The third kappa shape index (κ3) is 4.28. The van der Waals surface area contributed by atoms with Gasteiger partial charge in [0.25, 0.3) is 0 Å². The van der Waals surface area contributed by atoms with Gasteiger partial charge in [-0.3, -0.25) is 0 Å². The molecule has 50 heavy (non-hydrogen) atoms. The smallest absolute Gasteiger partial charge is 0.164 e. The summed E-state index contributed by atoms with van der Waals surface area (Å²) < 4.78 is 6.51. The second-order valence-electron chi connectivity index (χ2n) is 13.6. The average Bonchev–Trinajstić information content (AvgIpc) is 3.67. The van der Waals surface area contributed by atoms with Crippen molar-refractivity contribution < 1.29 is 4.42 Å². The van der Waals surface area contributed by atoms with Crippen LogP contribution in [0.5, 0.6) is 0 Å². The van der Waals surface area contributed by atoms with E-state index in [0.717, 1.165) is 49.8 Å². The van der Waals surface area contributed by atoms with Gasteiger partial charge in [-0.25, -0.2) is 15.0 Å². The molecular weight excluding hydrogens is 611 g/mol. The van der Waals surface area contributed by atoms with E-state index in [2.05, 4.69) is 135 Å². The van der Waals surface area contributed by atoms with Crippen LogP contribution in [0.15, 0.2) is 156 Å². The molecule has 9 aromatic rings. The van der Waals surface area contributed by atoms with E-state index in [-0.39, 0.29) is 5.41 Å². The largest absolute Gasteiger partial charge is 0.456 e. The van der Waals surface area contributed by atoms with E-state index in [4.69, 9.17) is 19.4 Å². The van der Waals surface area contributed by atoms with Crippen LogP contribution >= 0.6 is 0 Å². The fraction of sp³-hybridized carbons (Fsp3) is 0.0652. The van der Waals surface area contributed by atoms with Gasteiger partial charge in [-0.15, -0.1) is 0 Å². The lowest BCUT2D eigenvalue weighted by atomic mass is 9.79. The molecule has 0 unspecified atom stereocenters. The minimum Gasteiger partial charge on any atom is -0.456 e. The first kappa shape index (κ1) is 28.6. The Morgan fingerprint density at radius 1 is 0.460 bits per heavy atom. The quantitative estimate of drug-likeness (QED) is 0.192. The Hall–Kier alpha value is -6.39. The molecule has 1 aliphatic carbocycles. The van der Waals surface area contributed by atoms with Gasteiger partial charge >= 0.3 is 0 Å². The maximum Gasteiger partial charge on any atom is 0.164 e. The van der Waals surface area contributed by atoms with Gasteiger partial charge in [0, 0.05) is 32.9 Å². The second kappa shape index (κ2) is 10.8. The van der Waals surface area contributed by atoms with E-state index in [1.54, 1.807) is 0 Å². The Bertz CT molecular complexity index is 2780. The normalized spacial score (nSPS) is 13.2. The maximum atomic E-state index is 6.51. The molecule has 7 aromatic carbocycles. The van der Waals surface area contributed by atoms with E-state index in [1.165, 1.54) is 33.0 Å². The van der Waals surface area contributed by atoms with E-state index in [9.17, 15) is 0 Å². The highest BCUT2D eigenvalue weighted by atomic mass is 16.3. The van der Waals surface area contributed by atoms with Crippen molar-refractivity contribution in [3.8, 4) is 56.4 Å². The molecule has 0 N–H and O–H groups in total. The molecule has 0 spiro atoms. The predicted octanol–water partition coefficient (Wildman–Crippen LogP) is 11.9. The zero-order valence-electron chi connectivity index (χ0n) is 27.7. The van der Waals surface area contributed by atoms with Crippen molar-refractivity contribution in [1.82, 2.24) is 15.0 Å². The summed E-state index contributed by atoms with van der Waals surface area (Å²) in [5.41, 5.74) is 11.6. The fourth-order valence-corrected chi connectivity index (χ4v) is 8.00. The number of benzene rings is 7. The molecule has 4 nitrogen and oxygen atoms in total. The van der Waals surface area contributed by atoms with Crippen LogP contribution in [0.3, 0.4) is 0 Å². The zero-order valence-corrected chi connectivity index (χ0v) is 27.7. The lowest BCUT2D eigenvalue weighted by Crippen LogP contribution is -2.15. The molecule has 0 fully saturated rings. The molecule has 236 valence electrons. The first-order valence-corrected chi connectivity index (χ1v) is 17.0. The summed E-state index contributed by atoms with van der Waals surface area (Å²) in [6.45, 7) is 4.65. The Balaban J connectivity index is 1.22. The second-order valence-corrected chi connectivity index (χ2v) is 13.6. The Kier molecular flexibility index (Phi) is 6.19. The van der Waals surface area contributed by atoms with Crippen LogP contribution in [-0.2, 0) is 5.41 Å². The van der Waals surface area contributed by atoms with Crippen LogP contribution in [0.25, 0.3) is 89.1 Å². The summed E-state index contributed by atoms with van der Waals surface area (Å²) in [7, 11) is 0. The van der Waals surface area contributed by atoms with Gasteiger partial charge in [0.2, 0.25) is 0 Å². The lowest BCUT2D eigenvalue weighted by Gasteiger charge is -2.23. The van der Waals surface area contributed by atoms with Crippen LogP contribution in [0.2, 0.25) is 0 Å². The first-order valence-electron chi connectivity index (χ1n) is 17.0. The van der Waals surface area contributed by atoms with Crippen LogP contribution in [-0.4, -0.2) is 15.0 Å². The van der Waals surface area contributed by atoms with E-state index >= 15 is 0 Å². The van der Waals surface area contributed by atoms with Crippen molar-refractivity contribution in [3.05, 3.63) is 163 Å². The van der Waals surface area contributed by atoms with Gasteiger partial charge in [0.05, 0.1) is 0 Å². The predicted molar refractivity (Wildman–Crippen MR) is 204 cm³/mol. The molecule has 4 heteroatoms. The van der Waals surface area contributed by atoms with Gasteiger partial charge in [-0.2, -0.15) is 0 Å². The van der Waals surface area contributed by atoms with Crippen molar-refractivity contribution in [2.24, 2.45) is 0 Å². The van der Waals surface area contributed by atoms with E-state index in [1.807, 2.05) is 30.3 Å². The molecule has 0 radical (unpaired) electrons. The number of furan rings is 1. The van der Waals surface area contributed by atoms with Crippen LogP contribution in [0.4, 0.5) is 0 Å². The van der Waals surface area contributed by atoms with E-state index < -0.39 is 0 Å². The molecule has 0 aliphatic heterocycles. The number of aromatic nitrogens is 3. The Morgan fingerprint density at radius 3 is 1.94 bits per heavy atom. The van der Waals surface area contributed by atoms with Gasteiger partial charge in [-0.05, 0) is 68.4 Å². The van der Waals surface area contributed by atoms with Crippen molar-refractivity contribution in [3.63, 3.8) is 0 Å².